The minimum absolute atomic E-state index is 0.281. The number of carboxylic acids is 1. The maximum atomic E-state index is 13.4. The number of halogens is 1. The van der Waals surface area contributed by atoms with Gasteiger partial charge in [-0.3, -0.25) is 0 Å². The number of carbonyl (C=O) groups is 1. The average molecular weight is 271 g/mol. The lowest BCUT2D eigenvalue weighted by atomic mass is 10.1. The van der Waals surface area contributed by atoms with Crippen LogP contribution in [0.4, 0.5) is 4.39 Å². The lowest BCUT2D eigenvalue weighted by Crippen LogP contribution is -2.23. The van der Waals surface area contributed by atoms with Crippen LogP contribution in [0.1, 0.15) is 22.3 Å². The van der Waals surface area contributed by atoms with E-state index in [1.165, 1.54) is 19.2 Å². The van der Waals surface area contributed by atoms with Crippen LogP contribution in [0.25, 0.3) is 0 Å². The Morgan fingerprint density at radius 2 is 2.26 bits per heavy atom. The van der Waals surface area contributed by atoms with Crippen LogP contribution in [0.15, 0.2) is 18.2 Å². The maximum Gasteiger partial charge on any atom is 0.338 e. The summed E-state index contributed by atoms with van der Waals surface area (Å²) in [5, 5.41) is 21.1. The number of hydrogen-bond acceptors (Lipinski definition) is 4. The molecule has 1 atom stereocenters. The molecule has 0 saturated heterocycles. The molecule has 0 amide bonds. The van der Waals surface area contributed by atoms with Gasteiger partial charge in [-0.1, -0.05) is 6.07 Å². The van der Waals surface area contributed by atoms with E-state index in [0.717, 1.165) is 0 Å². The Hall–Kier alpha value is -1.50. The summed E-state index contributed by atoms with van der Waals surface area (Å²) < 4.78 is 18.2. The normalized spacial score (nSPS) is 12.4. The predicted octanol–water partition coefficient (Wildman–Crippen LogP) is 1.01. The van der Waals surface area contributed by atoms with Crippen molar-refractivity contribution in [1.82, 2.24) is 5.32 Å². The molecule has 0 spiro atoms. The lowest BCUT2D eigenvalue weighted by molar-refractivity contribution is 0.0594. The molecule has 1 rings (SSSR count). The fraction of sp³-hybridized carbons (Fsp3) is 0.462. The Kier molecular flexibility index (Phi) is 6.41. The van der Waals surface area contributed by atoms with Gasteiger partial charge in [-0.05, 0) is 30.7 Å². The van der Waals surface area contributed by atoms with Crippen molar-refractivity contribution in [3.8, 4) is 0 Å². The number of aliphatic hydroxyl groups excluding tert-OH is 1. The first-order valence-electron chi connectivity index (χ1n) is 5.94. The standard InChI is InChI=1S/C13H18FNO4/c1-19-8-10(16)4-5-15-7-9-2-3-11(13(17)18)12(14)6-9/h2-3,6,10,15-16H,4-5,7-8H2,1H3,(H,17,18). The number of carboxylic acid groups (broad SMARTS) is 1. The van der Waals surface area contributed by atoms with Crippen molar-refractivity contribution in [2.45, 2.75) is 19.1 Å². The molecule has 0 heterocycles. The molecule has 3 N–H and O–H groups in total. The number of hydrogen-bond donors (Lipinski definition) is 3. The minimum Gasteiger partial charge on any atom is -0.478 e. The molecule has 19 heavy (non-hydrogen) atoms. The third kappa shape index (κ3) is 5.34. The molecule has 0 fully saturated rings. The van der Waals surface area contributed by atoms with E-state index in [-0.39, 0.29) is 12.2 Å². The Labute approximate surface area is 111 Å². The van der Waals surface area contributed by atoms with Crippen LogP contribution in [-0.2, 0) is 11.3 Å². The van der Waals surface area contributed by atoms with Crippen molar-refractivity contribution in [1.29, 1.82) is 0 Å². The highest BCUT2D eigenvalue weighted by Crippen LogP contribution is 2.10. The van der Waals surface area contributed by atoms with E-state index in [1.807, 2.05) is 0 Å². The fourth-order valence-electron chi connectivity index (χ4n) is 1.62. The largest absolute Gasteiger partial charge is 0.478 e. The summed E-state index contributed by atoms with van der Waals surface area (Å²) in [6.07, 6.45) is 0.00686. The molecular formula is C13H18FNO4. The van der Waals surface area contributed by atoms with Gasteiger partial charge in [0.2, 0.25) is 0 Å². The Balaban J connectivity index is 2.38. The molecule has 0 aliphatic carbocycles. The molecule has 0 aromatic heterocycles. The summed E-state index contributed by atoms with van der Waals surface area (Å²) in [7, 11) is 1.52. The first-order chi connectivity index (χ1) is 9.04. The first-order valence-corrected chi connectivity index (χ1v) is 5.94. The second-order valence-electron chi connectivity index (χ2n) is 4.19. The van der Waals surface area contributed by atoms with E-state index < -0.39 is 17.9 Å². The molecule has 0 aliphatic heterocycles. The second kappa shape index (κ2) is 7.83. The monoisotopic (exact) mass is 271 g/mol. The first kappa shape index (κ1) is 15.6. The van der Waals surface area contributed by atoms with Gasteiger partial charge in [-0.2, -0.15) is 0 Å². The summed E-state index contributed by atoms with van der Waals surface area (Å²) in [5.41, 5.74) is 0.322. The van der Waals surface area contributed by atoms with Gasteiger partial charge in [-0.25, -0.2) is 9.18 Å². The molecule has 106 valence electrons. The lowest BCUT2D eigenvalue weighted by Gasteiger charge is -2.10. The quantitative estimate of drug-likeness (QED) is 0.615. The van der Waals surface area contributed by atoms with Gasteiger partial charge in [0.25, 0.3) is 0 Å². The summed E-state index contributed by atoms with van der Waals surface area (Å²) in [6, 6.07) is 4.00. The van der Waals surface area contributed by atoms with Crippen molar-refractivity contribution < 1.29 is 24.1 Å². The SMILES string of the molecule is COCC(O)CCNCc1ccc(C(=O)O)c(F)c1. The van der Waals surface area contributed by atoms with Gasteiger partial charge < -0.3 is 20.3 Å². The highest BCUT2D eigenvalue weighted by Gasteiger charge is 2.10. The van der Waals surface area contributed by atoms with Crippen molar-refractivity contribution >= 4 is 5.97 Å². The summed E-state index contributed by atoms with van der Waals surface area (Å²) in [4.78, 5) is 10.6. The van der Waals surface area contributed by atoms with E-state index in [1.54, 1.807) is 6.07 Å². The van der Waals surface area contributed by atoms with Gasteiger partial charge in [-0.15, -0.1) is 0 Å². The highest BCUT2D eigenvalue weighted by atomic mass is 19.1. The summed E-state index contributed by atoms with van der Waals surface area (Å²) >= 11 is 0. The van der Waals surface area contributed by atoms with Crippen LogP contribution in [0, 0.1) is 5.82 Å². The van der Waals surface area contributed by atoms with Crippen LogP contribution >= 0.6 is 0 Å². The Morgan fingerprint density at radius 1 is 1.53 bits per heavy atom. The topological polar surface area (TPSA) is 78.8 Å². The Morgan fingerprint density at radius 3 is 2.84 bits per heavy atom. The molecule has 0 bridgehead atoms. The van der Waals surface area contributed by atoms with Gasteiger partial charge >= 0.3 is 5.97 Å². The van der Waals surface area contributed by atoms with Crippen LogP contribution in [-0.4, -0.2) is 42.5 Å². The van der Waals surface area contributed by atoms with Gasteiger partial charge in [0, 0.05) is 13.7 Å². The van der Waals surface area contributed by atoms with Crippen molar-refractivity contribution in [3.05, 3.63) is 35.1 Å². The summed E-state index contributed by atoms with van der Waals surface area (Å²) in [5.74, 6) is -2.02. The number of ether oxygens (including phenoxy) is 1. The number of methoxy groups -OCH3 is 1. The third-order valence-corrected chi connectivity index (χ3v) is 2.61. The maximum absolute atomic E-state index is 13.4. The van der Waals surface area contributed by atoms with Crippen molar-refractivity contribution in [2.24, 2.45) is 0 Å². The van der Waals surface area contributed by atoms with Gasteiger partial charge in [0.15, 0.2) is 0 Å². The molecule has 1 unspecified atom stereocenters. The average Bonchev–Trinajstić information content (AvgIpc) is 2.34. The van der Waals surface area contributed by atoms with Crippen molar-refractivity contribution in [2.75, 3.05) is 20.3 Å². The number of aromatic carboxylic acids is 1. The number of benzene rings is 1. The zero-order valence-corrected chi connectivity index (χ0v) is 10.7. The van der Waals surface area contributed by atoms with Gasteiger partial charge in [0.1, 0.15) is 5.82 Å². The van der Waals surface area contributed by atoms with Crippen LogP contribution in [0.5, 0.6) is 0 Å². The molecule has 0 aliphatic rings. The summed E-state index contributed by atoms with van der Waals surface area (Å²) in [6.45, 7) is 1.26. The number of rotatable bonds is 8. The van der Waals surface area contributed by atoms with E-state index in [0.29, 0.717) is 25.1 Å². The van der Waals surface area contributed by atoms with E-state index in [9.17, 15) is 14.3 Å². The second-order valence-corrected chi connectivity index (χ2v) is 4.19. The molecule has 0 radical (unpaired) electrons. The molecule has 1 aromatic rings. The van der Waals surface area contributed by atoms with E-state index in [2.05, 4.69) is 5.32 Å². The zero-order valence-electron chi connectivity index (χ0n) is 10.7. The molecule has 6 heteroatoms. The fourth-order valence-corrected chi connectivity index (χ4v) is 1.62. The Bertz CT molecular complexity index is 425. The van der Waals surface area contributed by atoms with Crippen LogP contribution in [0.2, 0.25) is 0 Å². The van der Waals surface area contributed by atoms with E-state index >= 15 is 0 Å². The minimum atomic E-state index is -1.28. The van der Waals surface area contributed by atoms with Crippen LogP contribution < -0.4 is 5.32 Å². The molecule has 5 nitrogen and oxygen atoms in total. The predicted molar refractivity (Wildman–Crippen MR) is 67.6 cm³/mol. The van der Waals surface area contributed by atoms with Gasteiger partial charge in [0.05, 0.1) is 18.3 Å². The third-order valence-electron chi connectivity index (χ3n) is 2.61. The molecule has 0 saturated carbocycles. The zero-order chi connectivity index (χ0) is 14.3. The molecular weight excluding hydrogens is 253 g/mol. The van der Waals surface area contributed by atoms with Crippen molar-refractivity contribution in [3.63, 3.8) is 0 Å². The highest BCUT2D eigenvalue weighted by molar-refractivity contribution is 5.87. The van der Waals surface area contributed by atoms with E-state index in [4.69, 9.17) is 9.84 Å². The number of aliphatic hydroxyl groups is 1. The molecule has 1 aromatic carbocycles. The number of nitrogens with one attached hydrogen (secondary N) is 1. The smallest absolute Gasteiger partial charge is 0.338 e. The van der Waals surface area contributed by atoms with Crippen LogP contribution in [0.3, 0.4) is 0 Å².